The summed E-state index contributed by atoms with van der Waals surface area (Å²) in [6, 6.07) is 11.7. The molecule has 0 heterocycles. The molecule has 2 rings (SSSR count). The molecule has 0 saturated carbocycles. The van der Waals surface area contributed by atoms with E-state index in [-0.39, 0.29) is 18.3 Å². The molecule has 0 bridgehead atoms. The van der Waals surface area contributed by atoms with Gasteiger partial charge in [-0.25, -0.2) is 9.82 Å². The lowest BCUT2D eigenvalue weighted by Gasteiger charge is -2.20. The van der Waals surface area contributed by atoms with E-state index in [9.17, 15) is 9.18 Å². The summed E-state index contributed by atoms with van der Waals surface area (Å²) in [7, 11) is 1.66. The van der Waals surface area contributed by atoms with E-state index >= 15 is 0 Å². The van der Waals surface area contributed by atoms with E-state index in [4.69, 9.17) is 4.74 Å². The standard InChI is InChI=1S/C22H29FN4O2/c1-5-27(6-2)15-18-13-17(7-12-21(18)29-4)16(3)25-26-22(28)14-24-20-10-8-19(23)9-11-20/h7-13,24H,5-6,14-15H2,1-4H3,(H,26,28). The average Bonchev–Trinajstić information content (AvgIpc) is 2.75. The van der Waals surface area contributed by atoms with Crippen molar-refractivity contribution in [1.29, 1.82) is 0 Å². The molecule has 0 unspecified atom stereocenters. The first-order valence-electron chi connectivity index (χ1n) is 9.69. The number of carbonyl (C=O) groups is 1. The van der Waals surface area contributed by atoms with Gasteiger partial charge in [0, 0.05) is 17.8 Å². The number of anilines is 1. The number of methoxy groups -OCH3 is 1. The number of hydrogen-bond acceptors (Lipinski definition) is 5. The van der Waals surface area contributed by atoms with Crippen molar-refractivity contribution < 1.29 is 13.9 Å². The Morgan fingerprint density at radius 1 is 1.14 bits per heavy atom. The number of hydrogen-bond donors (Lipinski definition) is 2. The molecule has 2 aromatic carbocycles. The van der Waals surface area contributed by atoms with Crippen LogP contribution in [0.25, 0.3) is 0 Å². The maximum Gasteiger partial charge on any atom is 0.259 e. The highest BCUT2D eigenvalue weighted by atomic mass is 19.1. The quantitative estimate of drug-likeness (QED) is 0.472. The fraction of sp³-hybridized carbons (Fsp3) is 0.364. The zero-order chi connectivity index (χ0) is 21.2. The first-order valence-corrected chi connectivity index (χ1v) is 9.69. The summed E-state index contributed by atoms with van der Waals surface area (Å²) in [6.07, 6.45) is 0. The van der Waals surface area contributed by atoms with Crippen LogP contribution >= 0.6 is 0 Å². The van der Waals surface area contributed by atoms with Gasteiger partial charge in [-0.2, -0.15) is 5.10 Å². The zero-order valence-electron chi connectivity index (χ0n) is 17.5. The highest BCUT2D eigenvalue weighted by Gasteiger charge is 2.10. The number of hydrazone groups is 1. The smallest absolute Gasteiger partial charge is 0.259 e. The number of ether oxygens (including phenoxy) is 1. The number of benzene rings is 2. The van der Waals surface area contributed by atoms with Crippen LogP contribution in [-0.4, -0.2) is 43.3 Å². The second-order valence-electron chi connectivity index (χ2n) is 6.58. The third-order valence-corrected chi connectivity index (χ3v) is 4.63. The molecule has 0 aromatic heterocycles. The monoisotopic (exact) mass is 400 g/mol. The van der Waals surface area contributed by atoms with Gasteiger partial charge in [-0.1, -0.05) is 13.8 Å². The largest absolute Gasteiger partial charge is 0.496 e. The third-order valence-electron chi connectivity index (χ3n) is 4.63. The molecule has 0 spiro atoms. The summed E-state index contributed by atoms with van der Waals surface area (Å²) in [6.45, 7) is 8.83. The summed E-state index contributed by atoms with van der Waals surface area (Å²) in [4.78, 5) is 14.3. The third kappa shape index (κ3) is 6.87. The Bertz CT molecular complexity index is 833. The van der Waals surface area contributed by atoms with Crippen LogP contribution in [0, 0.1) is 5.82 Å². The van der Waals surface area contributed by atoms with Crippen LogP contribution in [-0.2, 0) is 11.3 Å². The van der Waals surface area contributed by atoms with Gasteiger partial charge in [0.2, 0.25) is 0 Å². The van der Waals surface area contributed by atoms with E-state index in [2.05, 4.69) is 34.6 Å². The molecule has 1 amide bonds. The second-order valence-corrected chi connectivity index (χ2v) is 6.58. The molecule has 0 radical (unpaired) electrons. The molecule has 0 atom stereocenters. The van der Waals surface area contributed by atoms with Crippen LogP contribution in [0.2, 0.25) is 0 Å². The Hall–Kier alpha value is -2.93. The summed E-state index contributed by atoms with van der Waals surface area (Å²) in [5, 5.41) is 7.12. The molecule has 0 aliphatic carbocycles. The number of carbonyl (C=O) groups excluding carboxylic acids is 1. The predicted molar refractivity (Wildman–Crippen MR) is 115 cm³/mol. The number of nitrogens with one attached hydrogen (secondary N) is 2. The van der Waals surface area contributed by atoms with E-state index < -0.39 is 0 Å². The Balaban J connectivity index is 2.00. The van der Waals surface area contributed by atoms with Crippen molar-refractivity contribution in [2.45, 2.75) is 27.3 Å². The molecule has 2 N–H and O–H groups in total. The van der Waals surface area contributed by atoms with Gasteiger partial charge in [0.1, 0.15) is 11.6 Å². The van der Waals surface area contributed by atoms with Gasteiger partial charge in [0.15, 0.2) is 0 Å². The van der Waals surface area contributed by atoms with Gasteiger partial charge >= 0.3 is 0 Å². The highest BCUT2D eigenvalue weighted by molar-refractivity contribution is 5.99. The molecule has 29 heavy (non-hydrogen) atoms. The first kappa shape index (κ1) is 22.4. The summed E-state index contributed by atoms with van der Waals surface area (Å²) < 4.78 is 18.4. The van der Waals surface area contributed by atoms with Crippen molar-refractivity contribution in [3.63, 3.8) is 0 Å². The molecule has 0 aliphatic heterocycles. The van der Waals surface area contributed by atoms with Crippen molar-refractivity contribution in [2.24, 2.45) is 5.10 Å². The lowest BCUT2D eigenvalue weighted by molar-refractivity contribution is -0.119. The lowest BCUT2D eigenvalue weighted by Crippen LogP contribution is -2.26. The van der Waals surface area contributed by atoms with Gasteiger partial charge in [-0.05, 0) is 68.0 Å². The summed E-state index contributed by atoms with van der Waals surface area (Å²) in [5.41, 5.74) is 5.90. The van der Waals surface area contributed by atoms with E-state index in [1.165, 1.54) is 12.1 Å². The SMILES string of the molecule is CCN(CC)Cc1cc(C(C)=NNC(=O)CNc2ccc(F)cc2)ccc1OC. The number of amides is 1. The fourth-order valence-electron chi connectivity index (χ4n) is 2.82. The molecular formula is C22H29FN4O2. The van der Waals surface area contributed by atoms with Gasteiger partial charge in [0.05, 0.1) is 19.4 Å². The van der Waals surface area contributed by atoms with Gasteiger partial charge in [-0.3, -0.25) is 9.69 Å². The summed E-state index contributed by atoms with van der Waals surface area (Å²) >= 11 is 0. The first-order chi connectivity index (χ1) is 14.0. The van der Waals surface area contributed by atoms with Crippen molar-refractivity contribution in [2.75, 3.05) is 32.1 Å². The maximum atomic E-state index is 12.9. The van der Waals surface area contributed by atoms with E-state index in [0.717, 1.165) is 36.5 Å². The van der Waals surface area contributed by atoms with Crippen molar-refractivity contribution in [3.05, 3.63) is 59.4 Å². The van der Waals surface area contributed by atoms with Crippen LogP contribution in [0.4, 0.5) is 10.1 Å². The molecule has 156 valence electrons. The fourth-order valence-corrected chi connectivity index (χ4v) is 2.82. The minimum absolute atomic E-state index is 0.0399. The second kappa shape index (κ2) is 11.2. The molecular weight excluding hydrogens is 371 g/mol. The van der Waals surface area contributed by atoms with Crippen molar-refractivity contribution in [3.8, 4) is 5.75 Å². The number of halogens is 1. The van der Waals surface area contributed by atoms with E-state index in [1.54, 1.807) is 19.2 Å². The molecule has 0 aliphatic rings. The van der Waals surface area contributed by atoms with Crippen LogP contribution in [0.1, 0.15) is 31.9 Å². The molecule has 0 saturated heterocycles. The average molecular weight is 400 g/mol. The topological polar surface area (TPSA) is 66.0 Å². The number of nitrogens with zero attached hydrogens (tertiary/aromatic N) is 2. The Kier molecular flexibility index (Phi) is 8.61. The normalized spacial score (nSPS) is 11.4. The van der Waals surface area contributed by atoms with Crippen molar-refractivity contribution >= 4 is 17.3 Å². The van der Waals surface area contributed by atoms with Crippen LogP contribution < -0.4 is 15.5 Å². The van der Waals surface area contributed by atoms with Crippen molar-refractivity contribution in [1.82, 2.24) is 10.3 Å². The van der Waals surface area contributed by atoms with E-state index in [0.29, 0.717) is 11.4 Å². The van der Waals surface area contributed by atoms with Gasteiger partial charge in [-0.15, -0.1) is 0 Å². The zero-order valence-corrected chi connectivity index (χ0v) is 17.5. The maximum absolute atomic E-state index is 12.9. The van der Waals surface area contributed by atoms with Gasteiger partial charge < -0.3 is 10.1 Å². The van der Waals surface area contributed by atoms with Crippen LogP contribution in [0.15, 0.2) is 47.6 Å². The number of rotatable bonds is 10. The van der Waals surface area contributed by atoms with Crippen LogP contribution in [0.3, 0.4) is 0 Å². The van der Waals surface area contributed by atoms with E-state index in [1.807, 2.05) is 25.1 Å². The molecule has 7 heteroatoms. The molecule has 2 aromatic rings. The Morgan fingerprint density at radius 3 is 2.45 bits per heavy atom. The minimum atomic E-state index is -0.319. The van der Waals surface area contributed by atoms with Gasteiger partial charge in [0.25, 0.3) is 5.91 Å². The molecule has 0 fully saturated rings. The predicted octanol–water partition coefficient (Wildman–Crippen LogP) is 3.63. The Morgan fingerprint density at radius 2 is 1.83 bits per heavy atom. The Labute approximate surface area is 171 Å². The lowest BCUT2D eigenvalue weighted by atomic mass is 10.1. The van der Waals surface area contributed by atoms with Crippen LogP contribution in [0.5, 0.6) is 5.75 Å². The minimum Gasteiger partial charge on any atom is -0.496 e. The highest BCUT2D eigenvalue weighted by Crippen LogP contribution is 2.22. The summed E-state index contributed by atoms with van der Waals surface area (Å²) in [5.74, 6) is 0.228. The molecule has 6 nitrogen and oxygen atoms in total.